The van der Waals surface area contributed by atoms with Gasteiger partial charge in [0.2, 0.25) is 5.91 Å². The number of halogens is 2. The number of amides is 4. The van der Waals surface area contributed by atoms with Crippen molar-refractivity contribution in [2.45, 2.75) is 44.6 Å². The Morgan fingerprint density at radius 3 is 2.59 bits per heavy atom. The van der Waals surface area contributed by atoms with Gasteiger partial charge in [0.1, 0.15) is 22.1 Å². The third-order valence-corrected chi connectivity index (χ3v) is 6.14. The Balaban J connectivity index is 1.60. The zero-order valence-corrected chi connectivity index (χ0v) is 17.4. The molecule has 1 aromatic rings. The Labute approximate surface area is 173 Å². The molecule has 0 aliphatic carbocycles. The second kappa shape index (κ2) is 8.18. The fourth-order valence-corrected chi connectivity index (χ4v) is 4.32. The van der Waals surface area contributed by atoms with E-state index >= 15 is 0 Å². The van der Waals surface area contributed by atoms with Crippen molar-refractivity contribution >= 4 is 29.4 Å². The third-order valence-electron chi connectivity index (χ3n) is 5.77. The van der Waals surface area contributed by atoms with Crippen LogP contribution < -0.4 is 15.4 Å². The number of hydrogen-bond donors (Lipinski definition) is 2. The molecule has 9 heteroatoms. The maximum absolute atomic E-state index is 14.0. The van der Waals surface area contributed by atoms with Crippen molar-refractivity contribution < 1.29 is 23.5 Å². The van der Waals surface area contributed by atoms with Gasteiger partial charge in [-0.15, -0.1) is 0 Å². The molecule has 2 fully saturated rings. The van der Waals surface area contributed by atoms with Crippen molar-refractivity contribution in [2.24, 2.45) is 5.92 Å². The molecule has 158 valence electrons. The van der Waals surface area contributed by atoms with Crippen LogP contribution >= 0.6 is 11.6 Å². The number of urea groups is 1. The number of nitrogens with one attached hydrogen (secondary N) is 2. The Morgan fingerprint density at radius 2 is 2.03 bits per heavy atom. The number of likely N-dealkylation sites (tertiary alicyclic amines) is 1. The average molecular weight is 426 g/mol. The molecule has 0 bridgehead atoms. The van der Waals surface area contributed by atoms with Crippen LogP contribution in [0.15, 0.2) is 12.1 Å². The monoisotopic (exact) mass is 425 g/mol. The number of methoxy groups -OCH3 is 1. The van der Waals surface area contributed by atoms with Crippen LogP contribution in [0.1, 0.15) is 44.6 Å². The molecule has 2 heterocycles. The normalized spacial score (nSPS) is 23.6. The van der Waals surface area contributed by atoms with Gasteiger partial charge in [-0.2, -0.15) is 0 Å². The minimum Gasteiger partial charge on any atom is -0.495 e. The molecule has 2 saturated heterocycles. The average Bonchev–Trinajstić information content (AvgIpc) is 2.94. The van der Waals surface area contributed by atoms with Crippen LogP contribution in [-0.2, 0) is 9.59 Å². The maximum atomic E-state index is 14.0. The van der Waals surface area contributed by atoms with E-state index in [0.717, 1.165) is 5.56 Å². The van der Waals surface area contributed by atoms with Gasteiger partial charge in [0, 0.05) is 19.0 Å². The van der Waals surface area contributed by atoms with Crippen LogP contribution in [0.3, 0.4) is 0 Å². The molecule has 1 aromatic carbocycles. The van der Waals surface area contributed by atoms with E-state index in [2.05, 4.69) is 10.6 Å². The fraction of sp³-hybridized carbons (Fsp3) is 0.550. The smallest absolute Gasteiger partial charge is 0.322 e. The molecule has 0 radical (unpaired) electrons. The molecule has 0 aromatic heterocycles. The first-order valence-electron chi connectivity index (χ1n) is 9.60. The number of ether oxygens (including phenoxy) is 1. The van der Waals surface area contributed by atoms with E-state index in [1.807, 2.05) is 0 Å². The molecule has 0 spiro atoms. The highest BCUT2D eigenvalue weighted by Gasteiger charge is 2.44. The summed E-state index contributed by atoms with van der Waals surface area (Å²) in [5.74, 6) is -1.00. The largest absolute Gasteiger partial charge is 0.495 e. The number of hydrogen-bond acceptors (Lipinski definition) is 4. The van der Waals surface area contributed by atoms with E-state index in [1.54, 1.807) is 24.8 Å². The number of piperidine rings is 1. The molecule has 29 heavy (non-hydrogen) atoms. The van der Waals surface area contributed by atoms with Crippen LogP contribution in [0, 0.1) is 11.7 Å². The highest BCUT2D eigenvalue weighted by Crippen LogP contribution is 2.36. The number of benzene rings is 1. The van der Waals surface area contributed by atoms with Gasteiger partial charge in [-0.05, 0) is 49.8 Å². The molecule has 2 aliphatic rings. The molecule has 0 saturated carbocycles. The van der Waals surface area contributed by atoms with Gasteiger partial charge in [0.05, 0.1) is 7.11 Å². The lowest BCUT2D eigenvalue weighted by Gasteiger charge is -2.35. The number of carbonyl (C=O) groups excluding carboxylic acids is 3. The Bertz CT molecular complexity index is 841. The summed E-state index contributed by atoms with van der Waals surface area (Å²) in [5, 5.41) is 4.77. The first-order valence-corrected chi connectivity index (χ1v) is 9.97. The maximum Gasteiger partial charge on any atom is 0.322 e. The molecule has 3 rings (SSSR count). The number of nitrogens with zero attached hydrogens (tertiary/aromatic N) is 1. The quantitative estimate of drug-likeness (QED) is 0.710. The van der Waals surface area contributed by atoms with E-state index in [0.29, 0.717) is 31.7 Å². The van der Waals surface area contributed by atoms with E-state index < -0.39 is 29.2 Å². The summed E-state index contributed by atoms with van der Waals surface area (Å²) in [4.78, 5) is 38.0. The van der Waals surface area contributed by atoms with Gasteiger partial charge in [-0.1, -0.05) is 18.5 Å². The van der Waals surface area contributed by atoms with E-state index in [1.165, 1.54) is 13.2 Å². The molecular weight excluding hydrogens is 401 g/mol. The van der Waals surface area contributed by atoms with Crippen LogP contribution in [0.25, 0.3) is 0 Å². The predicted octanol–water partition coefficient (Wildman–Crippen LogP) is 2.82. The van der Waals surface area contributed by atoms with Crippen LogP contribution in [0.4, 0.5) is 9.18 Å². The van der Waals surface area contributed by atoms with Gasteiger partial charge in [-0.3, -0.25) is 14.9 Å². The molecule has 4 amide bonds. The van der Waals surface area contributed by atoms with Crippen molar-refractivity contribution in [3.63, 3.8) is 0 Å². The Morgan fingerprint density at radius 1 is 1.38 bits per heavy atom. The highest BCUT2D eigenvalue weighted by molar-refractivity contribution is 6.32. The highest BCUT2D eigenvalue weighted by atomic mass is 35.5. The summed E-state index contributed by atoms with van der Waals surface area (Å²) >= 11 is 5.90. The summed E-state index contributed by atoms with van der Waals surface area (Å²) in [6, 6.07) is 2.64. The lowest BCUT2D eigenvalue weighted by Crippen LogP contribution is -2.48. The third kappa shape index (κ3) is 4.32. The zero-order chi connectivity index (χ0) is 21.3. The summed E-state index contributed by atoms with van der Waals surface area (Å²) in [5.41, 5.74) is -0.274. The van der Waals surface area contributed by atoms with Gasteiger partial charge in [0.25, 0.3) is 5.91 Å². The molecule has 7 nitrogen and oxygen atoms in total. The Kier molecular flexibility index (Phi) is 6.03. The molecule has 2 aliphatic heterocycles. The van der Waals surface area contributed by atoms with E-state index in [-0.39, 0.29) is 23.3 Å². The SMILES string of the molecule is COc1cc(C2CCN(C(=O)C(C)C[C@@]3(C)NC(=O)NC3=O)CC2)cc(F)c1Cl. The van der Waals surface area contributed by atoms with Crippen molar-refractivity contribution in [3.8, 4) is 5.75 Å². The summed E-state index contributed by atoms with van der Waals surface area (Å²) < 4.78 is 19.2. The van der Waals surface area contributed by atoms with Gasteiger partial charge < -0.3 is 15.0 Å². The first kappa shape index (κ1) is 21.4. The van der Waals surface area contributed by atoms with Crippen LogP contribution in [0.5, 0.6) is 5.75 Å². The second-order valence-electron chi connectivity index (χ2n) is 7.96. The molecule has 1 unspecified atom stereocenters. The zero-order valence-electron chi connectivity index (χ0n) is 16.7. The molecule has 2 atom stereocenters. The molecular formula is C20H25ClFN3O4. The van der Waals surface area contributed by atoms with Gasteiger partial charge >= 0.3 is 6.03 Å². The van der Waals surface area contributed by atoms with Crippen molar-refractivity contribution in [1.29, 1.82) is 0 Å². The summed E-state index contributed by atoms with van der Waals surface area (Å²) in [7, 11) is 1.45. The minimum absolute atomic E-state index is 0.0331. The minimum atomic E-state index is -1.08. The summed E-state index contributed by atoms with van der Waals surface area (Å²) in [6.45, 7) is 4.45. The number of rotatable bonds is 5. The van der Waals surface area contributed by atoms with Crippen molar-refractivity contribution in [3.05, 3.63) is 28.5 Å². The fourth-order valence-electron chi connectivity index (χ4n) is 4.14. The first-order chi connectivity index (χ1) is 13.6. The van der Waals surface area contributed by atoms with Crippen molar-refractivity contribution in [1.82, 2.24) is 15.5 Å². The topological polar surface area (TPSA) is 87.7 Å². The predicted molar refractivity (Wildman–Crippen MR) is 105 cm³/mol. The Hall–Kier alpha value is -2.35. The van der Waals surface area contributed by atoms with Crippen LogP contribution in [-0.4, -0.2) is 48.5 Å². The van der Waals surface area contributed by atoms with E-state index in [4.69, 9.17) is 16.3 Å². The standard InChI is InChI=1S/C20H25ClFN3O4/c1-11(10-20(2)18(27)23-19(28)24-20)17(26)25-6-4-12(5-7-25)13-8-14(22)16(21)15(9-13)29-3/h8-9,11-12H,4-7,10H2,1-3H3,(H2,23,24,27,28)/t11?,20-/m1/s1. The van der Waals surface area contributed by atoms with Gasteiger partial charge in [0.15, 0.2) is 0 Å². The number of carbonyl (C=O) groups is 3. The molecule has 2 N–H and O–H groups in total. The summed E-state index contributed by atoms with van der Waals surface area (Å²) in [6.07, 6.45) is 1.61. The second-order valence-corrected chi connectivity index (χ2v) is 8.34. The lowest BCUT2D eigenvalue weighted by molar-refractivity contribution is -0.137. The van der Waals surface area contributed by atoms with Crippen LogP contribution in [0.2, 0.25) is 5.02 Å². The number of imide groups is 1. The van der Waals surface area contributed by atoms with Gasteiger partial charge in [-0.25, -0.2) is 9.18 Å². The lowest BCUT2D eigenvalue weighted by atomic mass is 9.86. The van der Waals surface area contributed by atoms with E-state index in [9.17, 15) is 18.8 Å². The van der Waals surface area contributed by atoms with Crippen molar-refractivity contribution in [2.75, 3.05) is 20.2 Å².